The van der Waals surface area contributed by atoms with Crippen LogP contribution in [0.25, 0.3) is 0 Å². The fourth-order valence-corrected chi connectivity index (χ4v) is 8.62. The molecule has 0 unspecified atom stereocenters. The number of nitrogens with zero attached hydrogens (tertiary/aromatic N) is 14. The van der Waals surface area contributed by atoms with E-state index in [4.69, 9.17) is 13.4 Å². The van der Waals surface area contributed by atoms with E-state index in [9.17, 15) is 0 Å². The second-order valence-corrected chi connectivity index (χ2v) is 31.8. The molecule has 9 heterocycles. The quantitative estimate of drug-likeness (QED) is 0.149. The van der Waals surface area contributed by atoms with E-state index >= 15 is 0 Å². The number of aromatic amines is 1. The highest BCUT2D eigenvalue weighted by Gasteiger charge is 2.23. The first-order valence-corrected chi connectivity index (χ1v) is 30.7. The van der Waals surface area contributed by atoms with Gasteiger partial charge in [0.2, 0.25) is 0 Å². The predicted octanol–water partition coefficient (Wildman–Crippen LogP) is 17.0. The van der Waals surface area contributed by atoms with E-state index in [1.54, 1.807) is 34.7 Å². The van der Waals surface area contributed by atoms with Gasteiger partial charge in [0.05, 0.1) is 52.3 Å². The minimum Gasteiger partial charge on any atom is -0.448 e. The fourth-order valence-electron chi connectivity index (χ4n) is 7.35. The van der Waals surface area contributed by atoms with Crippen molar-refractivity contribution >= 4 is 22.9 Å². The highest BCUT2D eigenvalue weighted by atomic mass is 32.1. The summed E-state index contributed by atoms with van der Waals surface area (Å²) in [5.41, 5.74) is 12.0. The van der Waals surface area contributed by atoms with Crippen molar-refractivity contribution in [1.29, 1.82) is 0 Å². The van der Waals surface area contributed by atoms with Crippen molar-refractivity contribution in [2.24, 2.45) is 14.1 Å². The minimum atomic E-state index is 0.0457. The van der Waals surface area contributed by atoms with Crippen LogP contribution < -0.4 is 0 Å². The summed E-state index contributed by atoms with van der Waals surface area (Å²) in [5, 5.41) is 33.5. The Morgan fingerprint density at radius 2 is 1.10 bits per heavy atom. The van der Waals surface area contributed by atoms with E-state index in [1.807, 2.05) is 76.0 Å². The number of aryl methyl sites for hydroxylation is 5. The second kappa shape index (κ2) is 32.5. The Labute approximate surface area is 524 Å². The van der Waals surface area contributed by atoms with Crippen LogP contribution in [0.5, 0.6) is 0 Å². The lowest BCUT2D eigenvalue weighted by Gasteiger charge is -2.17. The zero-order valence-electron chi connectivity index (χ0n) is 58.6. The van der Waals surface area contributed by atoms with Gasteiger partial charge in [-0.05, 0) is 65.6 Å². The third-order valence-electron chi connectivity index (χ3n) is 12.2. The first kappa shape index (κ1) is 77.5. The summed E-state index contributed by atoms with van der Waals surface area (Å²) < 4.78 is 27.2. The summed E-state index contributed by atoms with van der Waals surface area (Å²) in [6.07, 6.45) is 17.6. The number of nitrogens with one attached hydrogen (secondary N) is 1. The highest BCUT2D eigenvalue weighted by molar-refractivity contribution is 7.09. The van der Waals surface area contributed by atoms with Crippen LogP contribution in [0, 0.1) is 20.8 Å². The largest absolute Gasteiger partial charge is 0.448 e. The molecule has 0 atom stereocenters. The summed E-state index contributed by atoms with van der Waals surface area (Å²) >= 11 is 3.19. The zero-order chi connectivity index (χ0) is 66.5. The molecule has 9 aromatic heterocycles. The molecule has 0 bridgehead atoms. The number of thiazole rings is 1. The van der Waals surface area contributed by atoms with E-state index in [1.165, 1.54) is 50.9 Å². The van der Waals surface area contributed by atoms with Crippen LogP contribution in [0.15, 0.2) is 92.0 Å². The average molecular weight is 1230 g/mol. The van der Waals surface area contributed by atoms with Crippen molar-refractivity contribution < 1.29 is 18.0 Å². The highest BCUT2D eigenvalue weighted by Crippen LogP contribution is 2.28. The maximum absolute atomic E-state index is 5.22. The third kappa shape index (κ3) is 28.8. The lowest BCUT2D eigenvalue weighted by atomic mass is 9.88. The number of hydrogen-bond donors (Lipinski definition) is 1. The SMILES string of the molecule is CC(C)(C)c1cn[nH]c1.CC(C)(C)c1cnco1.CC(C)(C)c1cncs1.CC(C)(C)c1cnns1.Cc1ncoc1C(C)(C)C.Cc1nocc1C(C)(C)C.Cc1nonc1C(C)(C)C.Cn1nccc1C(C)(C)C.Cn1nncc1C(C)(C)C. The maximum Gasteiger partial charge on any atom is 0.181 e. The minimum absolute atomic E-state index is 0.0457. The molecule has 0 radical (unpaired) electrons. The molecule has 0 aliphatic rings. The maximum atomic E-state index is 5.22. The molecule has 9 aromatic rings. The molecule has 19 nitrogen and oxygen atoms in total. The number of aromatic nitrogens is 15. The predicted molar refractivity (Wildman–Crippen MR) is 351 cm³/mol. The van der Waals surface area contributed by atoms with Crippen LogP contribution in [0.3, 0.4) is 0 Å². The van der Waals surface area contributed by atoms with Gasteiger partial charge in [0.15, 0.2) is 12.8 Å². The van der Waals surface area contributed by atoms with Crippen molar-refractivity contribution in [3.8, 4) is 0 Å². The second-order valence-electron chi connectivity index (χ2n) is 30.1. The topological polar surface area (TPSA) is 233 Å². The van der Waals surface area contributed by atoms with Gasteiger partial charge in [-0.1, -0.05) is 212 Å². The zero-order valence-corrected chi connectivity index (χ0v) is 60.3. The molecule has 1 N–H and O–H groups in total. The molecular formula is C65H109N15O4S2. The van der Waals surface area contributed by atoms with E-state index in [0.29, 0.717) is 0 Å². The summed E-state index contributed by atoms with van der Waals surface area (Å²) in [6.45, 7) is 63.6. The lowest BCUT2D eigenvalue weighted by Crippen LogP contribution is -2.16. The summed E-state index contributed by atoms with van der Waals surface area (Å²) in [4.78, 5) is 14.4. The molecule has 0 aliphatic heterocycles. The molecule has 0 fully saturated rings. The molecule has 9 rings (SSSR count). The Kier molecular flexibility index (Phi) is 29.3. The fraction of sp³-hybridized carbons (Fsp3) is 0.631. The van der Waals surface area contributed by atoms with Crippen LogP contribution in [-0.4, -0.2) is 75.0 Å². The molecule has 0 saturated heterocycles. The van der Waals surface area contributed by atoms with Gasteiger partial charge >= 0.3 is 0 Å². The molecule has 0 saturated carbocycles. The Bertz CT molecular complexity index is 2680. The van der Waals surface area contributed by atoms with Gasteiger partial charge in [0.25, 0.3) is 0 Å². The molecule has 0 aliphatic carbocycles. The van der Waals surface area contributed by atoms with Crippen LogP contribution in [0.1, 0.15) is 254 Å². The Morgan fingerprint density at radius 3 is 1.31 bits per heavy atom. The summed E-state index contributed by atoms with van der Waals surface area (Å²) in [6, 6.07) is 2.06. The summed E-state index contributed by atoms with van der Waals surface area (Å²) in [5.74, 6) is 1.91. The van der Waals surface area contributed by atoms with E-state index in [0.717, 1.165) is 40.0 Å². The third-order valence-corrected chi connectivity index (χ3v) is 14.5. The van der Waals surface area contributed by atoms with Crippen LogP contribution in [0.4, 0.5) is 0 Å². The van der Waals surface area contributed by atoms with Gasteiger partial charge < -0.3 is 13.4 Å². The van der Waals surface area contributed by atoms with E-state index in [2.05, 4.69) is 263 Å². The Balaban J connectivity index is 0.000000484. The lowest BCUT2D eigenvalue weighted by molar-refractivity contribution is 0.295. The van der Waals surface area contributed by atoms with Crippen LogP contribution in [0.2, 0.25) is 0 Å². The van der Waals surface area contributed by atoms with Gasteiger partial charge in [0.1, 0.15) is 29.2 Å². The molecule has 0 amide bonds. The monoisotopic (exact) mass is 1230 g/mol. The van der Waals surface area contributed by atoms with Gasteiger partial charge in [-0.3, -0.25) is 19.4 Å². The number of rotatable bonds is 0. The first-order valence-electron chi connectivity index (χ1n) is 29.0. The van der Waals surface area contributed by atoms with Crippen molar-refractivity contribution in [3.63, 3.8) is 0 Å². The standard InChI is InChI=1S/C8H14N2.2C8H13NO.C7H13N3.C7H12N2O.C7H12N2.C7H11NO.C7H11NS.C6H10N2S/c1-8(2,3)7-5-6-9-10(7)4;1-6-7(8(2,3)4)10-5-9-6;1-6-7(5-10-9-6)8(2,3)4;1-7(2,3)6-5-8-9-10(6)4;1-5-6(7(2,3)4)9-10-8-5;1-7(2,3)6-4-8-9-5-6;2*1-7(2,3)6-4-8-5-9-6;1-6(2,3)5-4-7-8-9-5/h5-6H,1-4H3;3*5H,1-4H3;1-4H3;4-5H,1-3H3,(H,8,9);2*4-5H,1-3H3;4H,1-3H3. The van der Waals surface area contributed by atoms with Crippen molar-refractivity contribution in [2.75, 3.05) is 0 Å². The molecule has 480 valence electrons. The van der Waals surface area contributed by atoms with Gasteiger partial charge in [-0.2, -0.15) is 10.2 Å². The number of oxazole rings is 2. The number of hydrogen-bond acceptors (Lipinski definition) is 18. The van der Waals surface area contributed by atoms with Gasteiger partial charge in [0, 0.05) is 75.9 Å². The van der Waals surface area contributed by atoms with Crippen LogP contribution in [-0.2, 0) is 62.8 Å². The molecule has 21 heteroatoms. The smallest absolute Gasteiger partial charge is 0.181 e. The van der Waals surface area contributed by atoms with Gasteiger partial charge in [-0.25, -0.2) is 14.6 Å². The van der Waals surface area contributed by atoms with Crippen molar-refractivity contribution in [1.82, 2.24) is 75.0 Å². The summed E-state index contributed by atoms with van der Waals surface area (Å²) in [7, 11) is 3.88. The van der Waals surface area contributed by atoms with Crippen molar-refractivity contribution in [3.05, 3.63) is 141 Å². The van der Waals surface area contributed by atoms with Crippen molar-refractivity contribution in [2.45, 2.75) is 256 Å². The molecule has 0 spiro atoms. The molecular weight excluding hydrogens is 1120 g/mol. The molecule has 0 aromatic carbocycles. The molecule has 86 heavy (non-hydrogen) atoms. The Hall–Kier alpha value is -6.48. The average Bonchev–Trinajstić information content (AvgIpc) is 4.42. The number of H-pyrrole nitrogens is 1. The van der Waals surface area contributed by atoms with Gasteiger partial charge in [-0.15, -0.1) is 21.5 Å². The van der Waals surface area contributed by atoms with E-state index < -0.39 is 0 Å². The van der Waals surface area contributed by atoms with E-state index in [-0.39, 0.29) is 48.7 Å². The normalized spacial score (nSPS) is 12.0. The Morgan fingerprint density at radius 1 is 0.500 bits per heavy atom. The first-order chi connectivity index (χ1) is 39.0. The van der Waals surface area contributed by atoms with Crippen LogP contribution >= 0.6 is 22.9 Å².